The number of anilines is 1. The molecular formula is C21H22F3N5O2. The van der Waals surface area contributed by atoms with Crippen LogP contribution in [0.3, 0.4) is 0 Å². The van der Waals surface area contributed by atoms with Gasteiger partial charge >= 0.3 is 12.1 Å². The molecular weight excluding hydrogens is 411 g/mol. The molecule has 1 aromatic carbocycles. The third kappa shape index (κ3) is 3.97. The van der Waals surface area contributed by atoms with Crippen LogP contribution in [0.15, 0.2) is 18.3 Å². The average molecular weight is 433 g/mol. The molecule has 0 spiro atoms. The van der Waals surface area contributed by atoms with Gasteiger partial charge in [-0.05, 0) is 49.4 Å². The summed E-state index contributed by atoms with van der Waals surface area (Å²) in [6.45, 7) is 1.86. The summed E-state index contributed by atoms with van der Waals surface area (Å²) in [6, 6.07) is 3.08. The van der Waals surface area contributed by atoms with Crippen LogP contribution in [0.1, 0.15) is 35.7 Å². The van der Waals surface area contributed by atoms with E-state index in [0.29, 0.717) is 52.3 Å². The van der Waals surface area contributed by atoms with E-state index in [1.165, 1.54) is 6.07 Å². The van der Waals surface area contributed by atoms with Gasteiger partial charge in [0.1, 0.15) is 5.71 Å². The summed E-state index contributed by atoms with van der Waals surface area (Å²) >= 11 is 0. The lowest BCUT2D eigenvalue weighted by atomic mass is 9.79. The Labute approximate surface area is 176 Å². The van der Waals surface area contributed by atoms with Crippen LogP contribution in [-0.2, 0) is 22.4 Å². The second-order valence-electron chi connectivity index (χ2n) is 7.17. The molecule has 1 atom stereocenters. The Morgan fingerprint density at radius 3 is 2.65 bits per heavy atom. The Kier molecular flexibility index (Phi) is 6.01. The number of alkyl halides is 3. The summed E-state index contributed by atoms with van der Waals surface area (Å²) in [5, 5.41) is 15.9. The predicted octanol–water partition coefficient (Wildman–Crippen LogP) is 3.36. The van der Waals surface area contributed by atoms with E-state index in [-0.39, 0.29) is 18.7 Å². The molecule has 1 aliphatic carbocycles. The maximum absolute atomic E-state index is 13.3. The van der Waals surface area contributed by atoms with Crippen molar-refractivity contribution < 1.29 is 22.7 Å². The Balaban J connectivity index is 2.31. The van der Waals surface area contributed by atoms with Crippen LogP contribution in [0, 0.1) is 16.7 Å². The monoisotopic (exact) mass is 433 g/mol. The maximum Gasteiger partial charge on any atom is 0.433 e. The second-order valence-corrected chi connectivity index (χ2v) is 7.17. The Bertz CT molecular complexity index is 1110. The zero-order valence-electron chi connectivity index (χ0n) is 16.8. The zero-order valence-corrected chi connectivity index (χ0v) is 16.8. The first-order valence-corrected chi connectivity index (χ1v) is 9.63. The molecule has 7 nitrogen and oxygen atoms in total. The summed E-state index contributed by atoms with van der Waals surface area (Å²) in [5.41, 5.74) is 11.4. The molecule has 31 heavy (non-hydrogen) atoms. The van der Waals surface area contributed by atoms with Crippen LogP contribution in [0.25, 0.3) is 16.5 Å². The van der Waals surface area contributed by atoms with E-state index >= 15 is 0 Å². The molecule has 0 amide bonds. The largest absolute Gasteiger partial charge is 0.466 e. The van der Waals surface area contributed by atoms with E-state index in [9.17, 15) is 18.0 Å². The van der Waals surface area contributed by atoms with Crippen molar-refractivity contribution in [1.82, 2.24) is 4.98 Å². The van der Waals surface area contributed by atoms with Crippen molar-refractivity contribution in [3.63, 3.8) is 0 Å². The van der Waals surface area contributed by atoms with Crippen molar-refractivity contribution >= 4 is 40.1 Å². The van der Waals surface area contributed by atoms with E-state index in [4.69, 9.17) is 27.0 Å². The summed E-state index contributed by atoms with van der Waals surface area (Å²) in [7, 11) is 0. The highest BCUT2D eigenvalue weighted by atomic mass is 19.4. The molecule has 1 heterocycles. The number of allylic oxidation sites excluding steroid dienone is 1. The number of nitrogens with one attached hydrogen (secondary N) is 2. The number of halogens is 3. The molecule has 1 aromatic heterocycles. The third-order valence-corrected chi connectivity index (χ3v) is 5.37. The standard InChI is InChI=1S/C21H22F3N5O2/c1-2-31-20(30)10-3-4-11-12(7-10)18(14(9-26)19(28)21(22,23)24)29-16-6-5-15(27)13(8-25)17(11)16/h5-6,8-10,25,28H,2-4,7,26-27H2,1H3/b14-9-,25-8?,28-19?. The average Bonchev–Trinajstić information content (AvgIpc) is 2.73. The minimum Gasteiger partial charge on any atom is -0.466 e. The molecule has 6 N–H and O–H groups in total. The molecule has 1 aliphatic rings. The molecule has 1 unspecified atom stereocenters. The first-order chi connectivity index (χ1) is 14.6. The number of hydrogen-bond acceptors (Lipinski definition) is 7. The quantitative estimate of drug-likeness (QED) is 0.325. The van der Waals surface area contributed by atoms with Crippen LogP contribution in [0.2, 0.25) is 0 Å². The second kappa shape index (κ2) is 8.37. The predicted molar refractivity (Wildman–Crippen MR) is 112 cm³/mol. The molecule has 0 fully saturated rings. The number of nitrogen functional groups attached to an aromatic ring is 1. The molecule has 164 valence electrons. The van der Waals surface area contributed by atoms with Gasteiger partial charge in [-0.25, -0.2) is 4.98 Å². The first-order valence-electron chi connectivity index (χ1n) is 9.63. The van der Waals surface area contributed by atoms with Crippen molar-refractivity contribution in [2.75, 3.05) is 12.3 Å². The molecule has 0 radical (unpaired) electrons. The normalized spacial score (nSPS) is 16.6. The van der Waals surface area contributed by atoms with Gasteiger partial charge in [-0.2, -0.15) is 13.2 Å². The lowest BCUT2D eigenvalue weighted by molar-refractivity contribution is -0.148. The van der Waals surface area contributed by atoms with Crippen LogP contribution in [-0.4, -0.2) is 35.7 Å². The van der Waals surface area contributed by atoms with Crippen LogP contribution in [0.4, 0.5) is 18.9 Å². The number of fused-ring (bicyclic) bond motifs is 3. The van der Waals surface area contributed by atoms with Gasteiger partial charge < -0.3 is 21.6 Å². The summed E-state index contributed by atoms with van der Waals surface area (Å²) in [4.78, 5) is 16.7. The fourth-order valence-corrected chi connectivity index (χ4v) is 3.95. The molecule has 0 saturated heterocycles. The number of benzene rings is 1. The summed E-state index contributed by atoms with van der Waals surface area (Å²) in [5.74, 6) is -1.00. The Morgan fingerprint density at radius 2 is 2.06 bits per heavy atom. The van der Waals surface area contributed by atoms with Crippen molar-refractivity contribution in [1.29, 1.82) is 10.8 Å². The lowest BCUT2D eigenvalue weighted by Gasteiger charge is -2.28. The minimum atomic E-state index is -4.93. The number of carbonyl (C=O) groups excluding carboxylic acids is 1. The summed E-state index contributed by atoms with van der Waals surface area (Å²) in [6.07, 6.45) is -2.27. The van der Waals surface area contributed by atoms with E-state index in [0.717, 1.165) is 6.21 Å². The van der Waals surface area contributed by atoms with Crippen LogP contribution < -0.4 is 11.5 Å². The smallest absolute Gasteiger partial charge is 0.433 e. The van der Waals surface area contributed by atoms with Gasteiger partial charge in [0.25, 0.3) is 0 Å². The van der Waals surface area contributed by atoms with Gasteiger partial charge in [0.15, 0.2) is 0 Å². The fourth-order valence-electron chi connectivity index (χ4n) is 3.95. The molecule has 3 rings (SSSR count). The van der Waals surface area contributed by atoms with Gasteiger partial charge in [0.05, 0.1) is 23.7 Å². The number of carbonyl (C=O) groups is 1. The van der Waals surface area contributed by atoms with Crippen LogP contribution >= 0.6 is 0 Å². The minimum absolute atomic E-state index is 0.0845. The number of ether oxygens (including phenoxy) is 1. The number of rotatable bonds is 5. The van der Waals surface area contributed by atoms with Crippen molar-refractivity contribution in [3.8, 4) is 0 Å². The molecule has 0 aliphatic heterocycles. The van der Waals surface area contributed by atoms with Crippen molar-refractivity contribution in [3.05, 3.63) is 40.7 Å². The number of pyridine rings is 1. The van der Waals surface area contributed by atoms with Gasteiger partial charge in [0.2, 0.25) is 0 Å². The van der Waals surface area contributed by atoms with Gasteiger partial charge in [-0.1, -0.05) is 0 Å². The number of aromatic nitrogens is 1. The van der Waals surface area contributed by atoms with Gasteiger partial charge in [-0.15, -0.1) is 0 Å². The molecule has 2 aromatic rings. The van der Waals surface area contributed by atoms with Gasteiger partial charge in [0, 0.05) is 34.6 Å². The fraction of sp³-hybridized carbons (Fsp3) is 0.333. The number of hydrogen-bond donors (Lipinski definition) is 4. The number of aryl methyl sites for hydroxylation is 1. The van der Waals surface area contributed by atoms with E-state index in [1.54, 1.807) is 13.0 Å². The number of esters is 1. The number of nitrogens with two attached hydrogens (primary N) is 2. The van der Waals surface area contributed by atoms with Crippen LogP contribution in [0.5, 0.6) is 0 Å². The topological polar surface area (TPSA) is 139 Å². The highest BCUT2D eigenvalue weighted by Crippen LogP contribution is 2.39. The lowest BCUT2D eigenvalue weighted by Crippen LogP contribution is -2.29. The highest BCUT2D eigenvalue weighted by molar-refractivity contribution is 6.25. The molecule has 0 bridgehead atoms. The van der Waals surface area contributed by atoms with Gasteiger partial charge in [-0.3, -0.25) is 10.2 Å². The SMILES string of the molecule is CCOC(=O)C1CCc2c(c(/C(=C/N)C(=N)C(F)(F)F)nc3ccc(N)c(C=N)c23)C1. The Hall–Kier alpha value is -3.43. The first kappa shape index (κ1) is 22.3. The molecule has 10 heteroatoms. The summed E-state index contributed by atoms with van der Waals surface area (Å²) < 4.78 is 45.1. The van der Waals surface area contributed by atoms with E-state index in [2.05, 4.69) is 4.98 Å². The third-order valence-electron chi connectivity index (χ3n) is 5.37. The highest BCUT2D eigenvalue weighted by Gasteiger charge is 2.39. The Morgan fingerprint density at radius 1 is 1.35 bits per heavy atom. The van der Waals surface area contributed by atoms with E-state index < -0.39 is 29.3 Å². The maximum atomic E-state index is 13.3. The molecule has 0 saturated carbocycles. The zero-order chi connectivity index (χ0) is 22.9. The van der Waals surface area contributed by atoms with Crippen molar-refractivity contribution in [2.45, 2.75) is 32.4 Å². The van der Waals surface area contributed by atoms with E-state index in [1.807, 2.05) is 0 Å². The van der Waals surface area contributed by atoms with Crippen molar-refractivity contribution in [2.24, 2.45) is 11.7 Å². The number of nitrogens with zero attached hydrogens (tertiary/aromatic N) is 1.